The van der Waals surface area contributed by atoms with E-state index in [1.807, 2.05) is 30.8 Å². The number of thioether (sulfide) groups is 1. The Balaban J connectivity index is 2.16. The number of carboxylic acids is 1. The molecule has 1 saturated heterocycles. The lowest BCUT2D eigenvalue weighted by atomic mass is 10.1. The molecule has 2 rings (SSSR count). The smallest absolute Gasteiger partial charge is 0.337 e. The molecule has 0 atom stereocenters. The second-order valence-corrected chi connectivity index (χ2v) is 5.61. The molecule has 1 aromatic carbocycles. The number of carbonyl (C=O) groups is 1. The first-order chi connectivity index (χ1) is 8.16. The van der Waals surface area contributed by atoms with Gasteiger partial charge in [0, 0.05) is 11.7 Å². The Morgan fingerprint density at radius 2 is 2.12 bits per heavy atom. The van der Waals surface area contributed by atoms with E-state index in [1.54, 1.807) is 6.07 Å². The normalized spacial score (nSPS) is 16.8. The van der Waals surface area contributed by atoms with Crippen molar-refractivity contribution < 1.29 is 9.90 Å². The molecule has 3 nitrogen and oxygen atoms in total. The minimum atomic E-state index is -0.860. The Labute approximate surface area is 106 Å². The minimum Gasteiger partial charge on any atom is -0.478 e. The summed E-state index contributed by atoms with van der Waals surface area (Å²) in [5.74, 6) is 1.46. The highest BCUT2D eigenvalue weighted by Gasteiger charge is 2.16. The van der Waals surface area contributed by atoms with Gasteiger partial charge in [0.2, 0.25) is 0 Å². The first-order valence-electron chi connectivity index (χ1n) is 5.85. The van der Waals surface area contributed by atoms with Crippen LogP contribution in [0.3, 0.4) is 0 Å². The van der Waals surface area contributed by atoms with E-state index >= 15 is 0 Å². The lowest BCUT2D eigenvalue weighted by Gasteiger charge is -2.24. The van der Waals surface area contributed by atoms with Crippen LogP contribution in [0.5, 0.6) is 0 Å². The molecule has 1 fully saturated rings. The molecule has 1 aromatic rings. The standard InChI is InChI=1S/C13H17NO2S/c1-9-2-3-12(11(8-9)13(15)16)14-10-4-6-17-7-5-10/h2-3,8,10,14H,4-7H2,1H3,(H,15,16). The quantitative estimate of drug-likeness (QED) is 0.867. The average Bonchev–Trinajstić information content (AvgIpc) is 2.32. The summed E-state index contributed by atoms with van der Waals surface area (Å²) in [7, 11) is 0. The van der Waals surface area contributed by atoms with Gasteiger partial charge < -0.3 is 10.4 Å². The number of nitrogens with one attached hydrogen (secondary N) is 1. The summed E-state index contributed by atoms with van der Waals surface area (Å²) in [6.07, 6.45) is 2.22. The molecular formula is C13H17NO2S. The molecule has 2 N–H and O–H groups in total. The number of carboxylic acid groups (broad SMARTS) is 1. The molecule has 0 saturated carbocycles. The molecule has 0 aromatic heterocycles. The summed E-state index contributed by atoms with van der Waals surface area (Å²) < 4.78 is 0. The fourth-order valence-corrected chi connectivity index (χ4v) is 3.13. The zero-order chi connectivity index (χ0) is 12.3. The van der Waals surface area contributed by atoms with Gasteiger partial charge in [0.05, 0.1) is 5.56 Å². The molecular weight excluding hydrogens is 234 g/mol. The van der Waals surface area contributed by atoms with Crippen molar-refractivity contribution in [3.63, 3.8) is 0 Å². The Morgan fingerprint density at radius 3 is 2.76 bits per heavy atom. The predicted octanol–water partition coefficient (Wildman–Crippen LogP) is 3.00. The fourth-order valence-electron chi connectivity index (χ4n) is 2.02. The highest BCUT2D eigenvalue weighted by Crippen LogP contribution is 2.24. The predicted molar refractivity (Wildman–Crippen MR) is 72.1 cm³/mol. The third-order valence-corrected chi connectivity index (χ3v) is 4.04. The van der Waals surface area contributed by atoms with Crippen molar-refractivity contribution in [1.29, 1.82) is 0 Å². The highest BCUT2D eigenvalue weighted by atomic mass is 32.2. The molecule has 1 heterocycles. The van der Waals surface area contributed by atoms with Gasteiger partial charge in [0.25, 0.3) is 0 Å². The number of hydrogen-bond donors (Lipinski definition) is 2. The molecule has 0 unspecified atom stereocenters. The van der Waals surface area contributed by atoms with Crippen molar-refractivity contribution in [2.24, 2.45) is 0 Å². The fraction of sp³-hybridized carbons (Fsp3) is 0.462. The maximum Gasteiger partial charge on any atom is 0.337 e. The van der Waals surface area contributed by atoms with Gasteiger partial charge in [-0.3, -0.25) is 0 Å². The Morgan fingerprint density at radius 1 is 1.41 bits per heavy atom. The Kier molecular flexibility index (Phi) is 3.94. The molecule has 0 amide bonds. The monoisotopic (exact) mass is 251 g/mol. The van der Waals surface area contributed by atoms with Crippen LogP contribution < -0.4 is 5.32 Å². The van der Waals surface area contributed by atoms with Crippen LogP contribution in [0.4, 0.5) is 5.69 Å². The largest absolute Gasteiger partial charge is 0.478 e. The Hall–Kier alpha value is -1.16. The van der Waals surface area contributed by atoms with Gasteiger partial charge in [-0.05, 0) is 43.4 Å². The Bertz CT molecular complexity index is 414. The van der Waals surface area contributed by atoms with E-state index in [0.717, 1.165) is 35.6 Å². The summed E-state index contributed by atoms with van der Waals surface area (Å²) in [6.45, 7) is 1.91. The topological polar surface area (TPSA) is 49.3 Å². The van der Waals surface area contributed by atoms with E-state index < -0.39 is 5.97 Å². The summed E-state index contributed by atoms with van der Waals surface area (Å²) >= 11 is 1.97. The SMILES string of the molecule is Cc1ccc(NC2CCSCC2)c(C(=O)O)c1. The van der Waals surface area contributed by atoms with Crippen LogP contribution in [-0.4, -0.2) is 28.6 Å². The minimum absolute atomic E-state index is 0.378. The van der Waals surface area contributed by atoms with Gasteiger partial charge in [-0.2, -0.15) is 11.8 Å². The highest BCUT2D eigenvalue weighted by molar-refractivity contribution is 7.99. The molecule has 4 heteroatoms. The van der Waals surface area contributed by atoms with Gasteiger partial charge in [-0.1, -0.05) is 11.6 Å². The van der Waals surface area contributed by atoms with Crippen molar-refractivity contribution in [1.82, 2.24) is 0 Å². The maximum atomic E-state index is 11.2. The van der Waals surface area contributed by atoms with Gasteiger partial charge in [-0.25, -0.2) is 4.79 Å². The van der Waals surface area contributed by atoms with Crippen molar-refractivity contribution in [2.45, 2.75) is 25.8 Å². The molecule has 17 heavy (non-hydrogen) atoms. The van der Waals surface area contributed by atoms with Crippen LogP contribution in [0.15, 0.2) is 18.2 Å². The zero-order valence-corrected chi connectivity index (χ0v) is 10.7. The van der Waals surface area contributed by atoms with Crippen molar-refractivity contribution in [3.05, 3.63) is 29.3 Å². The lowest BCUT2D eigenvalue weighted by Crippen LogP contribution is -2.25. The number of hydrogen-bond acceptors (Lipinski definition) is 3. The average molecular weight is 251 g/mol. The molecule has 0 spiro atoms. The van der Waals surface area contributed by atoms with Crippen LogP contribution in [0.2, 0.25) is 0 Å². The van der Waals surface area contributed by atoms with E-state index in [-0.39, 0.29) is 0 Å². The first kappa shape index (κ1) is 12.3. The number of rotatable bonds is 3. The first-order valence-corrected chi connectivity index (χ1v) is 7.00. The van der Waals surface area contributed by atoms with Crippen molar-refractivity contribution in [2.75, 3.05) is 16.8 Å². The number of benzene rings is 1. The van der Waals surface area contributed by atoms with Crippen LogP contribution in [0.1, 0.15) is 28.8 Å². The molecule has 92 valence electrons. The van der Waals surface area contributed by atoms with Crippen molar-refractivity contribution >= 4 is 23.4 Å². The van der Waals surface area contributed by atoms with E-state index in [2.05, 4.69) is 5.32 Å². The molecule has 0 radical (unpaired) electrons. The number of aromatic carboxylic acids is 1. The number of aryl methyl sites for hydroxylation is 1. The summed E-state index contributed by atoms with van der Waals surface area (Å²) in [6, 6.07) is 5.96. The van der Waals surface area contributed by atoms with Gasteiger partial charge in [0.1, 0.15) is 0 Å². The molecule has 1 aliphatic heterocycles. The van der Waals surface area contributed by atoms with Crippen LogP contribution in [0, 0.1) is 6.92 Å². The molecule has 0 aliphatic carbocycles. The van der Waals surface area contributed by atoms with Crippen LogP contribution >= 0.6 is 11.8 Å². The van der Waals surface area contributed by atoms with Gasteiger partial charge >= 0.3 is 5.97 Å². The second kappa shape index (κ2) is 5.45. The van der Waals surface area contributed by atoms with Crippen LogP contribution in [0.25, 0.3) is 0 Å². The van der Waals surface area contributed by atoms with E-state index in [9.17, 15) is 9.90 Å². The third kappa shape index (κ3) is 3.16. The van der Waals surface area contributed by atoms with E-state index in [1.165, 1.54) is 0 Å². The molecule has 1 aliphatic rings. The van der Waals surface area contributed by atoms with E-state index in [4.69, 9.17) is 0 Å². The maximum absolute atomic E-state index is 11.2. The lowest BCUT2D eigenvalue weighted by molar-refractivity contribution is 0.0698. The number of anilines is 1. The summed E-state index contributed by atoms with van der Waals surface area (Å²) in [5, 5.41) is 12.5. The second-order valence-electron chi connectivity index (χ2n) is 4.39. The van der Waals surface area contributed by atoms with Crippen LogP contribution in [-0.2, 0) is 0 Å². The molecule has 0 bridgehead atoms. The third-order valence-electron chi connectivity index (χ3n) is 2.99. The van der Waals surface area contributed by atoms with Crippen molar-refractivity contribution in [3.8, 4) is 0 Å². The summed E-state index contributed by atoms with van der Waals surface area (Å²) in [5.41, 5.74) is 2.11. The zero-order valence-electron chi connectivity index (χ0n) is 9.90. The van der Waals surface area contributed by atoms with Gasteiger partial charge in [-0.15, -0.1) is 0 Å². The summed E-state index contributed by atoms with van der Waals surface area (Å²) in [4.78, 5) is 11.2. The van der Waals surface area contributed by atoms with E-state index in [0.29, 0.717) is 11.6 Å². The van der Waals surface area contributed by atoms with Gasteiger partial charge in [0.15, 0.2) is 0 Å².